The van der Waals surface area contributed by atoms with Gasteiger partial charge in [-0.15, -0.1) is 11.3 Å². The largest absolute Gasteiger partial charge is 0.355 e. The summed E-state index contributed by atoms with van der Waals surface area (Å²) < 4.78 is 3.03. The molecule has 0 radical (unpaired) electrons. The van der Waals surface area contributed by atoms with Crippen LogP contribution in [0.5, 0.6) is 0 Å². The van der Waals surface area contributed by atoms with Gasteiger partial charge in [0, 0.05) is 43.4 Å². The first kappa shape index (κ1) is 20.8. The van der Waals surface area contributed by atoms with Crippen molar-refractivity contribution < 1.29 is 9.59 Å². The van der Waals surface area contributed by atoms with E-state index in [0.29, 0.717) is 39.0 Å². The predicted molar refractivity (Wildman–Crippen MR) is 114 cm³/mol. The molecule has 2 aliphatic rings. The number of fused-ring (bicyclic) bond motifs is 1. The molecule has 0 saturated carbocycles. The maximum Gasteiger partial charge on any atom is 0.346 e. The van der Waals surface area contributed by atoms with Gasteiger partial charge in [0.25, 0.3) is 0 Å². The van der Waals surface area contributed by atoms with E-state index < -0.39 is 0 Å². The van der Waals surface area contributed by atoms with Crippen LogP contribution < -0.4 is 11.0 Å². The van der Waals surface area contributed by atoms with Crippen molar-refractivity contribution in [2.45, 2.75) is 58.0 Å². The topological polar surface area (TPSA) is 89.2 Å². The summed E-state index contributed by atoms with van der Waals surface area (Å²) in [5.74, 6) is 0.724. The number of hydrogen-bond donors (Lipinski definition) is 1. The third-order valence-corrected chi connectivity index (χ3v) is 6.97. The number of aryl methyl sites for hydroxylation is 1. The molecule has 0 aliphatic carbocycles. The number of aromatic nitrogens is 3. The van der Waals surface area contributed by atoms with Crippen molar-refractivity contribution in [3.8, 4) is 0 Å². The van der Waals surface area contributed by atoms with E-state index in [0.717, 1.165) is 37.9 Å². The van der Waals surface area contributed by atoms with Crippen LogP contribution in [0.2, 0.25) is 0 Å². The molecular weight excluding hydrogens is 402 g/mol. The zero-order valence-electron chi connectivity index (χ0n) is 17.2. The number of carbonyl (C=O) groups is 2. The molecule has 0 unspecified atom stereocenters. The van der Waals surface area contributed by atoms with Crippen LogP contribution in [-0.2, 0) is 35.5 Å². The van der Waals surface area contributed by atoms with Crippen LogP contribution in [-0.4, -0.2) is 50.7 Å². The van der Waals surface area contributed by atoms with Gasteiger partial charge in [0.15, 0.2) is 0 Å². The fraction of sp³-hybridized carbons (Fsp3) is 0.619. The highest BCUT2D eigenvalue weighted by molar-refractivity contribution is 7.09. The lowest BCUT2D eigenvalue weighted by molar-refractivity contribution is -0.136. The Bertz CT molecular complexity index is 925. The second-order valence-electron chi connectivity index (χ2n) is 8.09. The van der Waals surface area contributed by atoms with Gasteiger partial charge >= 0.3 is 5.69 Å². The Hall–Kier alpha value is -2.42. The predicted octanol–water partition coefficient (Wildman–Crippen LogP) is 1.43. The SMILES string of the molecule is O=C(NCCc1cccs1)C1CCN(C(=O)Cn2nc3n(c2=O)CCCCC3)CC1. The molecule has 4 heterocycles. The van der Waals surface area contributed by atoms with Crippen LogP contribution in [0.3, 0.4) is 0 Å². The van der Waals surface area contributed by atoms with E-state index >= 15 is 0 Å². The molecule has 2 amide bonds. The summed E-state index contributed by atoms with van der Waals surface area (Å²) in [5.41, 5.74) is -0.180. The number of thiophene rings is 1. The summed E-state index contributed by atoms with van der Waals surface area (Å²) in [4.78, 5) is 40.7. The van der Waals surface area contributed by atoms with Crippen molar-refractivity contribution in [3.05, 3.63) is 38.7 Å². The lowest BCUT2D eigenvalue weighted by Crippen LogP contribution is -2.45. The van der Waals surface area contributed by atoms with Gasteiger partial charge in [-0.1, -0.05) is 12.5 Å². The molecule has 0 aromatic carbocycles. The summed E-state index contributed by atoms with van der Waals surface area (Å²) in [6.45, 7) is 2.41. The van der Waals surface area contributed by atoms with E-state index in [1.807, 2.05) is 11.4 Å². The van der Waals surface area contributed by atoms with Crippen molar-refractivity contribution >= 4 is 23.2 Å². The maximum atomic E-state index is 12.7. The van der Waals surface area contributed by atoms with Gasteiger partial charge in [0.05, 0.1) is 0 Å². The lowest BCUT2D eigenvalue weighted by Gasteiger charge is -2.31. The number of nitrogens with zero attached hydrogens (tertiary/aromatic N) is 4. The maximum absolute atomic E-state index is 12.7. The highest BCUT2D eigenvalue weighted by Gasteiger charge is 2.28. The highest BCUT2D eigenvalue weighted by atomic mass is 32.1. The monoisotopic (exact) mass is 431 g/mol. The molecule has 1 saturated heterocycles. The van der Waals surface area contributed by atoms with E-state index in [1.165, 1.54) is 9.56 Å². The third-order valence-electron chi connectivity index (χ3n) is 6.04. The summed E-state index contributed by atoms with van der Waals surface area (Å²) in [5, 5.41) is 9.46. The normalized spacial score (nSPS) is 17.4. The van der Waals surface area contributed by atoms with Crippen molar-refractivity contribution in [1.82, 2.24) is 24.6 Å². The molecule has 2 aromatic rings. The Morgan fingerprint density at radius 2 is 2.00 bits per heavy atom. The third kappa shape index (κ3) is 4.83. The van der Waals surface area contributed by atoms with Crippen molar-refractivity contribution in [2.24, 2.45) is 5.92 Å². The second-order valence-corrected chi connectivity index (χ2v) is 9.13. The van der Waals surface area contributed by atoms with Crippen LogP contribution in [0.4, 0.5) is 0 Å². The lowest BCUT2D eigenvalue weighted by atomic mass is 9.96. The Morgan fingerprint density at radius 3 is 2.77 bits per heavy atom. The van der Waals surface area contributed by atoms with Crippen molar-refractivity contribution in [3.63, 3.8) is 0 Å². The minimum Gasteiger partial charge on any atom is -0.355 e. The van der Waals surface area contributed by atoms with Crippen LogP contribution in [0.25, 0.3) is 0 Å². The molecule has 162 valence electrons. The summed E-state index contributed by atoms with van der Waals surface area (Å²) in [6.07, 6.45) is 6.09. The quantitative estimate of drug-likeness (QED) is 0.749. The summed E-state index contributed by atoms with van der Waals surface area (Å²) >= 11 is 1.70. The number of carbonyl (C=O) groups excluding carboxylic acids is 2. The molecule has 4 rings (SSSR count). The zero-order chi connectivity index (χ0) is 20.9. The van der Waals surface area contributed by atoms with Crippen LogP contribution in [0, 0.1) is 5.92 Å². The van der Waals surface area contributed by atoms with Gasteiger partial charge in [0.1, 0.15) is 12.4 Å². The Balaban J connectivity index is 1.24. The fourth-order valence-electron chi connectivity index (χ4n) is 4.26. The van der Waals surface area contributed by atoms with Gasteiger partial charge in [-0.3, -0.25) is 14.2 Å². The van der Waals surface area contributed by atoms with Crippen LogP contribution in [0.1, 0.15) is 42.8 Å². The number of likely N-dealkylation sites (tertiary alicyclic amines) is 1. The molecule has 0 spiro atoms. The number of piperidine rings is 1. The van der Waals surface area contributed by atoms with E-state index in [2.05, 4.69) is 16.5 Å². The second kappa shape index (κ2) is 9.59. The number of rotatable bonds is 6. The minimum atomic E-state index is -0.180. The number of hydrogen-bond acceptors (Lipinski definition) is 5. The van der Waals surface area contributed by atoms with E-state index in [9.17, 15) is 14.4 Å². The van der Waals surface area contributed by atoms with Gasteiger partial charge in [0.2, 0.25) is 11.8 Å². The first-order valence-corrected chi connectivity index (χ1v) is 11.7. The average molecular weight is 432 g/mol. The van der Waals surface area contributed by atoms with Gasteiger partial charge in [-0.25, -0.2) is 9.48 Å². The molecule has 2 aliphatic heterocycles. The van der Waals surface area contributed by atoms with E-state index in [1.54, 1.807) is 20.8 Å². The molecule has 8 nitrogen and oxygen atoms in total. The summed E-state index contributed by atoms with van der Waals surface area (Å²) in [6, 6.07) is 4.09. The minimum absolute atomic E-state index is 0.0174. The fourth-order valence-corrected chi connectivity index (χ4v) is 4.96. The Labute approximate surface area is 179 Å². The van der Waals surface area contributed by atoms with Gasteiger partial charge < -0.3 is 10.2 Å². The van der Waals surface area contributed by atoms with Crippen molar-refractivity contribution in [1.29, 1.82) is 0 Å². The molecule has 1 N–H and O–H groups in total. The highest BCUT2D eigenvalue weighted by Crippen LogP contribution is 2.18. The smallest absolute Gasteiger partial charge is 0.346 e. The standard InChI is InChI=1S/C21H29N5O3S/c27-19(15-26-21(29)25-11-3-1-2-6-18(25)23-26)24-12-8-16(9-13-24)20(28)22-10-7-17-5-4-14-30-17/h4-5,14,16H,1-3,6-13,15H2,(H,22,28). The van der Waals surface area contributed by atoms with Crippen LogP contribution >= 0.6 is 11.3 Å². The van der Waals surface area contributed by atoms with Gasteiger partial charge in [-0.05, 0) is 43.6 Å². The van der Waals surface area contributed by atoms with E-state index in [4.69, 9.17) is 0 Å². The Morgan fingerprint density at radius 1 is 1.17 bits per heavy atom. The molecule has 0 atom stereocenters. The molecule has 1 fully saturated rings. The van der Waals surface area contributed by atoms with Crippen molar-refractivity contribution in [2.75, 3.05) is 19.6 Å². The molecular formula is C21H29N5O3S. The molecule has 0 bridgehead atoms. The van der Waals surface area contributed by atoms with E-state index in [-0.39, 0.29) is 30.0 Å². The zero-order valence-corrected chi connectivity index (χ0v) is 18.0. The average Bonchev–Trinajstić information content (AvgIpc) is 3.29. The molecule has 30 heavy (non-hydrogen) atoms. The first-order valence-electron chi connectivity index (χ1n) is 10.9. The van der Waals surface area contributed by atoms with Crippen LogP contribution in [0.15, 0.2) is 22.3 Å². The first-order chi connectivity index (χ1) is 14.6. The molecule has 9 heteroatoms. The number of nitrogens with one attached hydrogen (secondary N) is 1. The summed E-state index contributed by atoms with van der Waals surface area (Å²) in [7, 11) is 0. The Kier molecular flexibility index (Phi) is 6.66. The number of amides is 2. The van der Waals surface area contributed by atoms with Gasteiger partial charge in [-0.2, -0.15) is 5.10 Å². The molecule has 2 aromatic heterocycles.